The van der Waals surface area contributed by atoms with Crippen molar-refractivity contribution < 1.29 is 14.0 Å². The quantitative estimate of drug-likeness (QED) is 0.752. The highest BCUT2D eigenvalue weighted by atomic mass is 35.5. The maximum absolute atomic E-state index is 13.5. The number of nitrogens with one attached hydrogen (secondary N) is 2. The van der Waals surface area contributed by atoms with Gasteiger partial charge in [0.15, 0.2) is 0 Å². The van der Waals surface area contributed by atoms with Gasteiger partial charge in [-0.2, -0.15) is 0 Å². The Morgan fingerprint density at radius 2 is 2.00 bits per heavy atom. The molecule has 102 valence electrons. The van der Waals surface area contributed by atoms with E-state index in [0.29, 0.717) is 26.2 Å². The van der Waals surface area contributed by atoms with Crippen molar-refractivity contribution in [2.24, 2.45) is 0 Å². The number of piperazine rings is 1. The van der Waals surface area contributed by atoms with E-state index in [2.05, 4.69) is 10.6 Å². The summed E-state index contributed by atoms with van der Waals surface area (Å²) < 4.78 is 13.5. The monoisotopic (exact) mass is 285 g/mol. The lowest BCUT2D eigenvalue weighted by Gasteiger charge is -2.26. The molecule has 2 rings (SSSR count). The summed E-state index contributed by atoms with van der Waals surface area (Å²) in [5.74, 6) is -2.17. The predicted molar refractivity (Wildman–Crippen MR) is 69.5 cm³/mol. The number of hydrogen-bond donors (Lipinski definition) is 2. The van der Waals surface area contributed by atoms with Crippen LogP contribution in [0.3, 0.4) is 0 Å². The van der Waals surface area contributed by atoms with E-state index in [0.717, 1.165) is 6.07 Å². The highest BCUT2D eigenvalue weighted by Gasteiger charge is 2.23. The molecular weight excluding hydrogens is 273 g/mol. The third kappa shape index (κ3) is 3.42. The predicted octanol–water partition coefficient (Wildman–Crippen LogP) is 0.849. The minimum Gasteiger partial charge on any atom is -0.332 e. The molecule has 0 aromatic heterocycles. The standard InChI is InChI=1S/C12H13ClFN3O2/c13-8-1-2-10(9(14)7-8)16-11(18)12(19)17-5-3-15-4-6-17/h1-2,7,15H,3-6H2,(H,16,18). The second-order valence-corrected chi connectivity index (χ2v) is 4.56. The van der Waals surface area contributed by atoms with Crippen molar-refractivity contribution in [1.29, 1.82) is 0 Å². The molecule has 19 heavy (non-hydrogen) atoms. The number of nitrogens with zero attached hydrogens (tertiary/aromatic N) is 1. The number of benzene rings is 1. The maximum Gasteiger partial charge on any atom is 0.313 e. The Morgan fingerprint density at radius 1 is 1.32 bits per heavy atom. The van der Waals surface area contributed by atoms with Crippen molar-refractivity contribution in [2.75, 3.05) is 31.5 Å². The molecule has 0 unspecified atom stereocenters. The second-order valence-electron chi connectivity index (χ2n) is 4.12. The smallest absolute Gasteiger partial charge is 0.313 e. The van der Waals surface area contributed by atoms with Crippen LogP contribution >= 0.6 is 11.6 Å². The van der Waals surface area contributed by atoms with E-state index in [-0.39, 0.29) is 10.7 Å². The summed E-state index contributed by atoms with van der Waals surface area (Å²) in [6.07, 6.45) is 0. The van der Waals surface area contributed by atoms with Gasteiger partial charge in [-0.05, 0) is 18.2 Å². The first-order valence-corrected chi connectivity index (χ1v) is 6.22. The van der Waals surface area contributed by atoms with Crippen LogP contribution in [0, 0.1) is 5.82 Å². The van der Waals surface area contributed by atoms with Gasteiger partial charge in [-0.15, -0.1) is 0 Å². The fourth-order valence-corrected chi connectivity index (χ4v) is 1.94. The molecule has 1 aliphatic heterocycles. The molecule has 0 bridgehead atoms. The highest BCUT2D eigenvalue weighted by molar-refractivity contribution is 6.39. The summed E-state index contributed by atoms with van der Waals surface area (Å²) >= 11 is 5.60. The fraction of sp³-hybridized carbons (Fsp3) is 0.333. The average Bonchev–Trinajstić information content (AvgIpc) is 2.42. The first-order valence-electron chi connectivity index (χ1n) is 5.84. The van der Waals surface area contributed by atoms with E-state index in [9.17, 15) is 14.0 Å². The number of amides is 2. The Labute approximate surface area is 114 Å². The van der Waals surface area contributed by atoms with E-state index in [1.54, 1.807) is 0 Å². The van der Waals surface area contributed by atoms with Crippen LogP contribution in [0.15, 0.2) is 18.2 Å². The highest BCUT2D eigenvalue weighted by Crippen LogP contribution is 2.18. The van der Waals surface area contributed by atoms with Crippen LogP contribution in [0.1, 0.15) is 0 Å². The lowest BCUT2D eigenvalue weighted by molar-refractivity contribution is -0.143. The molecule has 1 aliphatic rings. The van der Waals surface area contributed by atoms with E-state index in [1.807, 2.05) is 0 Å². The number of carbonyl (C=O) groups excluding carboxylic acids is 2. The molecule has 1 aromatic carbocycles. The third-order valence-corrected chi connectivity index (χ3v) is 3.01. The molecule has 1 fully saturated rings. The van der Waals surface area contributed by atoms with E-state index >= 15 is 0 Å². The second kappa shape index (κ2) is 5.99. The molecule has 2 amide bonds. The number of carbonyl (C=O) groups is 2. The molecule has 1 saturated heterocycles. The SMILES string of the molecule is O=C(Nc1ccc(Cl)cc1F)C(=O)N1CCNCC1. The Kier molecular flexibility index (Phi) is 4.34. The number of halogens is 2. The minimum absolute atomic E-state index is 0.0575. The summed E-state index contributed by atoms with van der Waals surface area (Å²) in [7, 11) is 0. The average molecular weight is 286 g/mol. The zero-order valence-corrected chi connectivity index (χ0v) is 10.8. The Balaban J connectivity index is 2.01. The van der Waals surface area contributed by atoms with Gasteiger partial charge in [-0.25, -0.2) is 4.39 Å². The Bertz CT molecular complexity index is 504. The van der Waals surface area contributed by atoms with Crippen molar-refractivity contribution in [2.45, 2.75) is 0 Å². The summed E-state index contributed by atoms with van der Waals surface area (Å²) in [6.45, 7) is 2.23. The van der Waals surface area contributed by atoms with Crippen LogP contribution < -0.4 is 10.6 Å². The molecule has 0 spiro atoms. The van der Waals surface area contributed by atoms with Crippen LogP contribution in [-0.4, -0.2) is 42.9 Å². The summed E-state index contributed by atoms with van der Waals surface area (Å²) in [5, 5.41) is 5.55. The molecule has 0 radical (unpaired) electrons. The van der Waals surface area contributed by atoms with Crippen molar-refractivity contribution in [3.05, 3.63) is 29.0 Å². The number of rotatable bonds is 1. The molecule has 0 aliphatic carbocycles. The van der Waals surface area contributed by atoms with Gasteiger partial charge >= 0.3 is 11.8 Å². The molecule has 0 atom stereocenters. The van der Waals surface area contributed by atoms with Crippen molar-refractivity contribution >= 4 is 29.1 Å². The van der Waals surface area contributed by atoms with Gasteiger partial charge < -0.3 is 15.5 Å². The van der Waals surface area contributed by atoms with Crippen LogP contribution in [0.4, 0.5) is 10.1 Å². The van der Waals surface area contributed by atoms with E-state index in [4.69, 9.17) is 11.6 Å². The lowest BCUT2D eigenvalue weighted by Crippen LogP contribution is -2.49. The molecule has 1 heterocycles. The topological polar surface area (TPSA) is 61.4 Å². The van der Waals surface area contributed by atoms with Crippen molar-refractivity contribution in [1.82, 2.24) is 10.2 Å². The maximum atomic E-state index is 13.5. The molecule has 5 nitrogen and oxygen atoms in total. The van der Waals surface area contributed by atoms with Gasteiger partial charge in [0.25, 0.3) is 0 Å². The number of anilines is 1. The first kappa shape index (κ1) is 13.8. The normalized spacial score (nSPS) is 15.2. The summed E-state index contributed by atoms with van der Waals surface area (Å²) in [6, 6.07) is 3.84. The van der Waals surface area contributed by atoms with Gasteiger partial charge in [0, 0.05) is 31.2 Å². The molecule has 2 N–H and O–H groups in total. The van der Waals surface area contributed by atoms with Gasteiger partial charge in [0.2, 0.25) is 0 Å². The third-order valence-electron chi connectivity index (χ3n) is 2.78. The summed E-state index contributed by atoms with van der Waals surface area (Å²) in [5.41, 5.74) is -0.0575. The molecule has 1 aromatic rings. The zero-order chi connectivity index (χ0) is 13.8. The van der Waals surface area contributed by atoms with Crippen LogP contribution in [-0.2, 0) is 9.59 Å². The van der Waals surface area contributed by atoms with Crippen LogP contribution in [0.2, 0.25) is 5.02 Å². The first-order chi connectivity index (χ1) is 9.08. The Morgan fingerprint density at radius 3 is 2.63 bits per heavy atom. The van der Waals surface area contributed by atoms with E-state index in [1.165, 1.54) is 17.0 Å². The van der Waals surface area contributed by atoms with Crippen LogP contribution in [0.5, 0.6) is 0 Å². The van der Waals surface area contributed by atoms with Gasteiger partial charge in [0.1, 0.15) is 5.82 Å². The number of hydrogen-bond acceptors (Lipinski definition) is 3. The minimum atomic E-state index is -0.844. The van der Waals surface area contributed by atoms with E-state index < -0.39 is 17.6 Å². The lowest BCUT2D eigenvalue weighted by atomic mass is 10.3. The molecule has 0 saturated carbocycles. The van der Waals surface area contributed by atoms with Gasteiger partial charge in [-0.1, -0.05) is 11.6 Å². The zero-order valence-electron chi connectivity index (χ0n) is 10.1. The van der Waals surface area contributed by atoms with Gasteiger partial charge in [-0.3, -0.25) is 9.59 Å². The Hall–Kier alpha value is -1.66. The summed E-state index contributed by atoms with van der Waals surface area (Å²) in [4.78, 5) is 25.0. The van der Waals surface area contributed by atoms with Gasteiger partial charge in [0.05, 0.1) is 5.69 Å². The molecule has 7 heteroatoms. The van der Waals surface area contributed by atoms with Crippen LogP contribution in [0.25, 0.3) is 0 Å². The van der Waals surface area contributed by atoms with Crippen molar-refractivity contribution in [3.8, 4) is 0 Å². The molecular formula is C12H13ClFN3O2. The largest absolute Gasteiger partial charge is 0.332 e. The fourth-order valence-electron chi connectivity index (χ4n) is 1.78. The van der Waals surface area contributed by atoms with Crippen molar-refractivity contribution in [3.63, 3.8) is 0 Å².